The van der Waals surface area contributed by atoms with Gasteiger partial charge in [0, 0.05) is 19.1 Å². The first kappa shape index (κ1) is 12.7. The van der Waals surface area contributed by atoms with Crippen LogP contribution in [0.25, 0.3) is 0 Å². The molecule has 0 fully saturated rings. The topological polar surface area (TPSA) is 0 Å². The molecule has 0 aromatic carbocycles. The zero-order chi connectivity index (χ0) is 12.0. The van der Waals surface area contributed by atoms with Crippen LogP contribution in [0.1, 0.15) is 32.0 Å². The Morgan fingerprint density at radius 2 is 1.88 bits per heavy atom. The minimum Gasteiger partial charge on any atom is -0.143 e. The van der Waals surface area contributed by atoms with E-state index >= 15 is 0 Å². The van der Waals surface area contributed by atoms with Gasteiger partial charge < -0.3 is 0 Å². The Morgan fingerprint density at radius 3 is 2.53 bits per heavy atom. The molecule has 2 aromatic rings. The van der Waals surface area contributed by atoms with Crippen LogP contribution in [-0.2, 0) is 12.8 Å². The van der Waals surface area contributed by atoms with Crippen molar-refractivity contribution in [1.29, 1.82) is 0 Å². The molecule has 1 aliphatic carbocycles. The van der Waals surface area contributed by atoms with E-state index < -0.39 is 0 Å². The molecule has 5 heteroatoms. The number of alkyl halides is 1. The second-order valence-electron chi connectivity index (χ2n) is 4.08. The van der Waals surface area contributed by atoms with E-state index in [1.807, 2.05) is 11.3 Å². The van der Waals surface area contributed by atoms with Crippen molar-refractivity contribution in [2.45, 2.75) is 24.6 Å². The predicted octanol–water partition coefficient (Wildman–Crippen LogP) is 6.15. The van der Waals surface area contributed by atoms with Gasteiger partial charge in [-0.1, -0.05) is 0 Å². The lowest BCUT2D eigenvalue weighted by Crippen LogP contribution is -1.85. The number of rotatable bonds is 2. The largest absolute Gasteiger partial charge is 0.143 e. The Labute approximate surface area is 130 Å². The van der Waals surface area contributed by atoms with Gasteiger partial charge in [-0.2, -0.15) is 0 Å². The summed E-state index contributed by atoms with van der Waals surface area (Å²) in [4.78, 5) is 4.03. The molecule has 1 aliphatic rings. The van der Waals surface area contributed by atoms with E-state index in [4.69, 9.17) is 11.6 Å². The van der Waals surface area contributed by atoms with E-state index in [1.165, 1.54) is 34.6 Å². The molecule has 0 radical (unpaired) electrons. The second-order valence-corrected chi connectivity index (χ2v) is 8.94. The summed E-state index contributed by atoms with van der Waals surface area (Å²) in [6.45, 7) is 0. The first-order valence-electron chi connectivity index (χ1n) is 5.35. The predicted molar refractivity (Wildman–Crippen MR) is 83.8 cm³/mol. The van der Waals surface area contributed by atoms with Gasteiger partial charge in [-0.3, -0.25) is 0 Å². The van der Waals surface area contributed by atoms with Crippen molar-refractivity contribution in [3.63, 3.8) is 0 Å². The maximum atomic E-state index is 6.56. The van der Waals surface area contributed by atoms with E-state index in [2.05, 4.69) is 44.0 Å². The normalized spacial score (nSPS) is 16.2. The quantitative estimate of drug-likeness (QED) is 0.519. The summed E-state index contributed by atoms with van der Waals surface area (Å²) in [7, 11) is 0. The van der Waals surface area contributed by atoms with Crippen molar-refractivity contribution in [2.75, 3.05) is 0 Å². The zero-order valence-corrected chi connectivity index (χ0v) is 14.4. The Hall–Kier alpha value is 0.650. The van der Waals surface area contributed by atoms with Crippen molar-refractivity contribution >= 4 is 66.1 Å². The number of hydrogen-bond donors (Lipinski definition) is 0. The number of fused-ring (bicyclic) bond motifs is 1. The maximum Gasteiger partial charge on any atom is 0.102 e. The molecule has 0 amide bonds. The molecule has 17 heavy (non-hydrogen) atoms. The van der Waals surface area contributed by atoms with Gasteiger partial charge >= 0.3 is 0 Å². The summed E-state index contributed by atoms with van der Waals surface area (Å²) in [6.07, 6.45) is 3.78. The van der Waals surface area contributed by atoms with Gasteiger partial charge in [-0.15, -0.1) is 34.3 Å². The molecule has 0 N–H and O–H groups in total. The summed E-state index contributed by atoms with van der Waals surface area (Å²) in [5.41, 5.74) is 1.52. The Bertz CT molecular complexity index is 518. The third-order valence-corrected chi connectivity index (χ3v) is 8.28. The number of hydrogen-bond acceptors (Lipinski definition) is 2. The fourth-order valence-corrected chi connectivity index (χ4v) is 5.91. The third kappa shape index (κ3) is 2.39. The van der Waals surface area contributed by atoms with Crippen LogP contribution < -0.4 is 0 Å². The molecule has 1 unspecified atom stereocenters. The molecule has 0 saturated carbocycles. The van der Waals surface area contributed by atoms with Gasteiger partial charge in [-0.25, -0.2) is 0 Å². The minimum atomic E-state index is -0.00167. The summed E-state index contributed by atoms with van der Waals surface area (Å²) < 4.78 is 2.20. The summed E-state index contributed by atoms with van der Waals surface area (Å²) in [5.74, 6) is 0. The van der Waals surface area contributed by atoms with Crippen LogP contribution >= 0.6 is 66.1 Å². The Kier molecular flexibility index (Phi) is 3.70. The standard InChI is InChI=1S/C12H9Br2ClS2/c13-7-5-10(17-12(7)14)11(15)9-4-6-2-1-3-8(6)16-9/h4-5,11H,1-3H2. The Balaban J connectivity index is 1.92. The van der Waals surface area contributed by atoms with Crippen molar-refractivity contribution in [2.24, 2.45) is 0 Å². The van der Waals surface area contributed by atoms with E-state index in [-0.39, 0.29) is 5.38 Å². The second kappa shape index (κ2) is 4.97. The first-order valence-corrected chi connectivity index (χ1v) is 9.01. The van der Waals surface area contributed by atoms with Gasteiger partial charge in [0.15, 0.2) is 0 Å². The lowest BCUT2D eigenvalue weighted by Gasteiger charge is -2.03. The molecule has 1 atom stereocenters. The molecule has 0 spiro atoms. The molecule has 0 nitrogen and oxygen atoms in total. The van der Waals surface area contributed by atoms with E-state index in [1.54, 1.807) is 16.2 Å². The summed E-state index contributed by atoms with van der Waals surface area (Å²) >= 11 is 17.2. The van der Waals surface area contributed by atoms with Crippen LogP contribution in [0.15, 0.2) is 20.4 Å². The fraction of sp³-hybridized carbons (Fsp3) is 0.333. The van der Waals surface area contributed by atoms with Crippen LogP contribution in [0.2, 0.25) is 0 Å². The van der Waals surface area contributed by atoms with E-state index in [0.717, 1.165) is 8.26 Å². The number of thiophene rings is 2. The molecule has 0 bridgehead atoms. The molecule has 0 saturated heterocycles. The highest BCUT2D eigenvalue weighted by Crippen LogP contribution is 2.44. The fourth-order valence-electron chi connectivity index (χ4n) is 2.11. The smallest absolute Gasteiger partial charge is 0.102 e. The molecule has 3 rings (SSSR count). The van der Waals surface area contributed by atoms with E-state index in [0.29, 0.717) is 0 Å². The SMILES string of the molecule is ClC(c1cc(Br)c(Br)s1)c1cc2c(s1)CCC2. The van der Waals surface area contributed by atoms with Crippen molar-refractivity contribution < 1.29 is 0 Å². The van der Waals surface area contributed by atoms with Gasteiger partial charge in [0.05, 0.1) is 3.79 Å². The summed E-state index contributed by atoms with van der Waals surface area (Å²) in [6, 6.07) is 4.41. The van der Waals surface area contributed by atoms with Crippen LogP contribution in [-0.4, -0.2) is 0 Å². The van der Waals surface area contributed by atoms with Gasteiger partial charge in [0.2, 0.25) is 0 Å². The zero-order valence-electron chi connectivity index (χ0n) is 8.80. The van der Waals surface area contributed by atoms with Gasteiger partial charge in [0.25, 0.3) is 0 Å². The molecular formula is C12H9Br2ClS2. The number of halogens is 3. The lowest BCUT2D eigenvalue weighted by atomic mass is 10.2. The molecule has 90 valence electrons. The monoisotopic (exact) mass is 410 g/mol. The minimum absolute atomic E-state index is 0.00167. The number of aryl methyl sites for hydroxylation is 2. The van der Waals surface area contributed by atoms with Crippen molar-refractivity contribution in [3.8, 4) is 0 Å². The van der Waals surface area contributed by atoms with Crippen LogP contribution in [0, 0.1) is 0 Å². The highest BCUT2D eigenvalue weighted by molar-refractivity contribution is 9.13. The maximum absolute atomic E-state index is 6.56. The third-order valence-electron chi connectivity index (χ3n) is 2.93. The highest BCUT2D eigenvalue weighted by Gasteiger charge is 2.21. The van der Waals surface area contributed by atoms with Crippen LogP contribution in [0.4, 0.5) is 0 Å². The molecule has 2 heterocycles. The first-order chi connectivity index (χ1) is 8.15. The van der Waals surface area contributed by atoms with Crippen molar-refractivity contribution in [3.05, 3.63) is 40.6 Å². The van der Waals surface area contributed by atoms with Crippen LogP contribution in [0.5, 0.6) is 0 Å². The molecule has 2 aromatic heterocycles. The molecular weight excluding hydrogens is 404 g/mol. The summed E-state index contributed by atoms with van der Waals surface area (Å²) in [5, 5.41) is -0.00167. The molecule has 0 aliphatic heterocycles. The van der Waals surface area contributed by atoms with Gasteiger partial charge in [0.1, 0.15) is 5.38 Å². The average molecular weight is 413 g/mol. The van der Waals surface area contributed by atoms with Crippen molar-refractivity contribution in [1.82, 2.24) is 0 Å². The van der Waals surface area contributed by atoms with Gasteiger partial charge in [-0.05, 0) is 68.8 Å². The van der Waals surface area contributed by atoms with Crippen LogP contribution in [0.3, 0.4) is 0 Å². The Morgan fingerprint density at radius 1 is 1.12 bits per heavy atom. The lowest BCUT2D eigenvalue weighted by molar-refractivity contribution is 0.913. The highest BCUT2D eigenvalue weighted by atomic mass is 79.9. The average Bonchev–Trinajstić information content (AvgIpc) is 2.92. The van der Waals surface area contributed by atoms with E-state index in [9.17, 15) is 0 Å².